The summed E-state index contributed by atoms with van der Waals surface area (Å²) >= 11 is 3.49. The Hall–Kier alpha value is -1.19. The fourth-order valence-electron chi connectivity index (χ4n) is 2.77. The monoisotopic (exact) mass is 319 g/mol. The molecule has 0 unspecified atom stereocenters. The molecule has 3 rings (SSSR count). The fourth-order valence-corrected chi connectivity index (χ4v) is 3.21. The second-order valence-corrected chi connectivity index (χ2v) is 6.09. The minimum atomic E-state index is -0.105. The highest BCUT2D eigenvalue weighted by Gasteiger charge is 2.40. The lowest BCUT2D eigenvalue weighted by atomic mass is 9.71. The molecule has 1 aliphatic rings. The summed E-state index contributed by atoms with van der Waals surface area (Å²) in [6.45, 7) is 1.67. The van der Waals surface area contributed by atoms with Gasteiger partial charge in [-0.25, -0.2) is 4.39 Å². The van der Waals surface area contributed by atoms with Crippen LogP contribution in [-0.4, -0.2) is 13.1 Å². The van der Waals surface area contributed by atoms with Gasteiger partial charge in [0.25, 0.3) is 0 Å². The Morgan fingerprint density at radius 3 is 2.53 bits per heavy atom. The molecule has 1 N–H and O–H groups in total. The average Bonchev–Trinajstić information content (AvgIpc) is 2.35. The van der Waals surface area contributed by atoms with Crippen molar-refractivity contribution in [2.75, 3.05) is 13.1 Å². The van der Waals surface area contributed by atoms with Gasteiger partial charge in [-0.2, -0.15) is 0 Å². The van der Waals surface area contributed by atoms with Gasteiger partial charge in [0, 0.05) is 23.0 Å². The SMILES string of the molecule is Fc1ccccc1C1(Cc2cccc(Br)c2)CNC1. The molecule has 0 amide bonds. The molecule has 2 aromatic rings. The molecule has 1 fully saturated rings. The van der Waals surface area contributed by atoms with Crippen LogP contribution in [0.4, 0.5) is 4.39 Å². The van der Waals surface area contributed by atoms with Crippen molar-refractivity contribution in [3.63, 3.8) is 0 Å². The first kappa shape index (κ1) is 12.8. The maximum atomic E-state index is 14.1. The Kier molecular flexibility index (Phi) is 3.42. The minimum Gasteiger partial charge on any atom is -0.315 e. The maximum Gasteiger partial charge on any atom is 0.127 e. The van der Waals surface area contributed by atoms with Crippen molar-refractivity contribution in [2.45, 2.75) is 11.8 Å². The first-order valence-corrected chi connectivity index (χ1v) is 7.19. The lowest BCUT2D eigenvalue weighted by Crippen LogP contribution is -2.58. The van der Waals surface area contributed by atoms with Crippen LogP contribution in [0.5, 0.6) is 0 Å². The molecule has 0 radical (unpaired) electrons. The molecular formula is C16H15BrFN. The van der Waals surface area contributed by atoms with Crippen molar-refractivity contribution < 1.29 is 4.39 Å². The molecule has 1 saturated heterocycles. The lowest BCUT2D eigenvalue weighted by Gasteiger charge is -2.43. The lowest BCUT2D eigenvalue weighted by molar-refractivity contribution is 0.266. The number of benzene rings is 2. The Labute approximate surface area is 121 Å². The van der Waals surface area contributed by atoms with Gasteiger partial charge in [0.1, 0.15) is 5.82 Å². The summed E-state index contributed by atoms with van der Waals surface area (Å²) in [7, 11) is 0. The van der Waals surface area contributed by atoms with Crippen LogP contribution >= 0.6 is 15.9 Å². The maximum absolute atomic E-state index is 14.1. The predicted octanol–water partition coefficient (Wildman–Crippen LogP) is 3.67. The molecule has 19 heavy (non-hydrogen) atoms. The van der Waals surface area contributed by atoms with Crippen molar-refractivity contribution in [2.24, 2.45) is 0 Å². The Balaban J connectivity index is 1.94. The van der Waals surface area contributed by atoms with Gasteiger partial charge in [0.2, 0.25) is 0 Å². The Morgan fingerprint density at radius 2 is 1.89 bits per heavy atom. The van der Waals surface area contributed by atoms with Crippen molar-refractivity contribution in [3.05, 3.63) is 69.9 Å². The third-order valence-electron chi connectivity index (χ3n) is 3.80. The van der Waals surface area contributed by atoms with Gasteiger partial charge >= 0.3 is 0 Å². The molecule has 3 heteroatoms. The molecule has 0 spiro atoms. The zero-order valence-corrected chi connectivity index (χ0v) is 12.1. The van der Waals surface area contributed by atoms with Gasteiger partial charge in [-0.1, -0.05) is 46.3 Å². The summed E-state index contributed by atoms with van der Waals surface area (Å²) < 4.78 is 15.1. The molecule has 0 atom stereocenters. The smallest absolute Gasteiger partial charge is 0.127 e. The number of hydrogen-bond acceptors (Lipinski definition) is 1. The summed E-state index contributed by atoms with van der Waals surface area (Å²) in [5.41, 5.74) is 1.96. The predicted molar refractivity (Wildman–Crippen MR) is 78.8 cm³/mol. The largest absolute Gasteiger partial charge is 0.315 e. The zero-order valence-electron chi connectivity index (χ0n) is 10.5. The van der Waals surface area contributed by atoms with Crippen LogP contribution in [0.2, 0.25) is 0 Å². The topological polar surface area (TPSA) is 12.0 Å². The summed E-state index contributed by atoms with van der Waals surface area (Å²) in [6, 6.07) is 15.4. The van der Waals surface area contributed by atoms with E-state index in [1.165, 1.54) is 5.56 Å². The molecular weight excluding hydrogens is 305 g/mol. The highest BCUT2D eigenvalue weighted by Crippen LogP contribution is 2.34. The van der Waals surface area contributed by atoms with E-state index < -0.39 is 0 Å². The van der Waals surface area contributed by atoms with Crippen molar-refractivity contribution in [3.8, 4) is 0 Å². The molecule has 0 aromatic heterocycles. The van der Waals surface area contributed by atoms with Gasteiger partial charge in [-0.15, -0.1) is 0 Å². The van der Waals surface area contributed by atoms with E-state index in [-0.39, 0.29) is 11.2 Å². The normalized spacial score (nSPS) is 16.9. The van der Waals surface area contributed by atoms with E-state index in [1.54, 1.807) is 12.1 Å². The van der Waals surface area contributed by atoms with Crippen LogP contribution in [0, 0.1) is 5.82 Å². The third kappa shape index (κ3) is 2.45. The Bertz CT molecular complexity index is 593. The fraction of sp³-hybridized carbons (Fsp3) is 0.250. The second-order valence-electron chi connectivity index (χ2n) is 5.17. The average molecular weight is 320 g/mol. The van der Waals surface area contributed by atoms with Gasteiger partial charge in [-0.3, -0.25) is 0 Å². The summed E-state index contributed by atoms with van der Waals surface area (Å²) in [5, 5.41) is 3.28. The number of nitrogens with one attached hydrogen (secondary N) is 1. The van der Waals surface area contributed by atoms with Gasteiger partial charge in [0.15, 0.2) is 0 Å². The summed E-state index contributed by atoms with van der Waals surface area (Å²) in [5.74, 6) is -0.0982. The second kappa shape index (κ2) is 5.06. The summed E-state index contributed by atoms with van der Waals surface area (Å²) in [6.07, 6.45) is 0.861. The van der Waals surface area contributed by atoms with E-state index >= 15 is 0 Å². The zero-order chi connectivity index (χ0) is 13.3. The van der Waals surface area contributed by atoms with Crippen molar-refractivity contribution in [1.82, 2.24) is 5.32 Å². The van der Waals surface area contributed by atoms with Gasteiger partial charge < -0.3 is 5.32 Å². The molecule has 1 aliphatic heterocycles. The van der Waals surface area contributed by atoms with Crippen LogP contribution < -0.4 is 5.32 Å². The van der Waals surface area contributed by atoms with Crippen LogP contribution in [-0.2, 0) is 11.8 Å². The first-order valence-electron chi connectivity index (χ1n) is 6.40. The van der Waals surface area contributed by atoms with E-state index in [0.717, 1.165) is 29.5 Å². The van der Waals surface area contributed by atoms with E-state index in [9.17, 15) is 4.39 Å². The molecule has 2 aromatic carbocycles. The number of rotatable bonds is 3. The molecule has 0 aliphatic carbocycles. The number of halogens is 2. The van der Waals surface area contributed by atoms with Crippen molar-refractivity contribution in [1.29, 1.82) is 0 Å². The van der Waals surface area contributed by atoms with Crippen LogP contribution in [0.1, 0.15) is 11.1 Å². The third-order valence-corrected chi connectivity index (χ3v) is 4.30. The minimum absolute atomic E-state index is 0.0982. The highest BCUT2D eigenvalue weighted by molar-refractivity contribution is 9.10. The van der Waals surface area contributed by atoms with Crippen molar-refractivity contribution >= 4 is 15.9 Å². The molecule has 98 valence electrons. The quantitative estimate of drug-likeness (QED) is 0.910. The van der Waals surface area contributed by atoms with Crippen LogP contribution in [0.3, 0.4) is 0 Å². The standard InChI is InChI=1S/C16H15BrFN/c17-13-5-3-4-12(8-13)9-16(10-19-11-16)14-6-1-2-7-15(14)18/h1-8,19H,9-11H2. The highest BCUT2D eigenvalue weighted by atomic mass is 79.9. The van der Waals surface area contributed by atoms with Crippen LogP contribution in [0.15, 0.2) is 53.0 Å². The molecule has 0 bridgehead atoms. The Morgan fingerprint density at radius 1 is 1.11 bits per heavy atom. The van der Waals surface area contributed by atoms with Gasteiger partial charge in [0.05, 0.1) is 0 Å². The molecule has 0 saturated carbocycles. The molecule has 1 heterocycles. The van der Waals surface area contributed by atoms with E-state index in [0.29, 0.717) is 0 Å². The van der Waals surface area contributed by atoms with Gasteiger partial charge in [-0.05, 0) is 35.7 Å². The van der Waals surface area contributed by atoms with E-state index in [4.69, 9.17) is 0 Å². The molecule has 1 nitrogen and oxygen atoms in total. The van der Waals surface area contributed by atoms with E-state index in [1.807, 2.05) is 24.3 Å². The number of hydrogen-bond donors (Lipinski definition) is 1. The van der Waals surface area contributed by atoms with Crippen LogP contribution in [0.25, 0.3) is 0 Å². The van der Waals surface area contributed by atoms with E-state index in [2.05, 4.69) is 33.4 Å². The first-order chi connectivity index (χ1) is 9.20. The summed E-state index contributed by atoms with van der Waals surface area (Å²) in [4.78, 5) is 0.